The summed E-state index contributed by atoms with van der Waals surface area (Å²) < 4.78 is 43.4. The second kappa shape index (κ2) is 5.83. The predicted octanol–water partition coefficient (Wildman–Crippen LogP) is 4.44. The number of hydrogen-bond donors (Lipinski definition) is 0. The topological polar surface area (TPSA) is 9.23 Å². The first kappa shape index (κ1) is 14.9. The first-order chi connectivity index (χ1) is 8.95. The molecule has 0 aromatic heterocycles. The van der Waals surface area contributed by atoms with Crippen molar-refractivity contribution in [3.63, 3.8) is 0 Å². The molecule has 106 valence electrons. The summed E-state index contributed by atoms with van der Waals surface area (Å²) in [5.41, 5.74) is 0.195. The molecule has 1 fully saturated rings. The van der Waals surface area contributed by atoms with E-state index in [1.165, 1.54) is 12.1 Å². The van der Waals surface area contributed by atoms with Crippen LogP contribution in [-0.4, -0.2) is 18.5 Å². The average Bonchev–Trinajstić information content (AvgIpc) is 2.39. The molecular weight excluding hydrogens is 321 g/mol. The highest BCUT2D eigenvalue weighted by Gasteiger charge is 2.34. The molecular formula is C14H16BrF3O. The van der Waals surface area contributed by atoms with Crippen molar-refractivity contribution in [3.8, 4) is 0 Å². The van der Waals surface area contributed by atoms with Gasteiger partial charge in [-0.2, -0.15) is 13.2 Å². The van der Waals surface area contributed by atoms with Crippen molar-refractivity contribution in [1.82, 2.24) is 0 Å². The van der Waals surface area contributed by atoms with Crippen LogP contribution >= 0.6 is 15.9 Å². The van der Waals surface area contributed by atoms with Gasteiger partial charge in [0.2, 0.25) is 0 Å². The van der Waals surface area contributed by atoms with Crippen molar-refractivity contribution < 1.29 is 17.9 Å². The maximum Gasteiger partial charge on any atom is 0.416 e. The van der Waals surface area contributed by atoms with E-state index in [0.717, 1.165) is 29.8 Å². The summed E-state index contributed by atoms with van der Waals surface area (Å²) in [5.74, 6) is 0. The van der Waals surface area contributed by atoms with E-state index < -0.39 is 11.7 Å². The maximum atomic E-state index is 12.7. The predicted molar refractivity (Wildman–Crippen MR) is 71.4 cm³/mol. The Labute approximate surface area is 119 Å². The normalized spacial score (nSPS) is 19.4. The highest BCUT2D eigenvalue weighted by molar-refractivity contribution is 9.09. The molecule has 0 atom stereocenters. The minimum absolute atomic E-state index is 0.0163. The third kappa shape index (κ3) is 3.72. The Kier molecular flexibility index (Phi) is 4.56. The lowest BCUT2D eigenvalue weighted by Gasteiger charge is -2.36. The zero-order valence-electron chi connectivity index (χ0n) is 10.5. The average molecular weight is 337 g/mol. The second-order valence-corrected chi connectivity index (χ2v) is 5.68. The summed E-state index contributed by atoms with van der Waals surface area (Å²) in [6.45, 7) is 1.37. The summed E-state index contributed by atoms with van der Waals surface area (Å²) in [6, 6.07) is 5.64. The highest BCUT2D eigenvalue weighted by Crippen LogP contribution is 2.37. The lowest BCUT2D eigenvalue weighted by atomic mass is 9.77. The van der Waals surface area contributed by atoms with Gasteiger partial charge in [-0.05, 0) is 36.3 Å². The Morgan fingerprint density at radius 1 is 1.21 bits per heavy atom. The molecule has 1 aliphatic rings. The molecule has 0 bridgehead atoms. The first-order valence-electron chi connectivity index (χ1n) is 6.25. The van der Waals surface area contributed by atoms with Gasteiger partial charge in [0.15, 0.2) is 0 Å². The fraction of sp³-hybridized carbons (Fsp3) is 0.571. The van der Waals surface area contributed by atoms with Crippen molar-refractivity contribution in [1.29, 1.82) is 0 Å². The molecule has 0 radical (unpaired) electrons. The fourth-order valence-electron chi connectivity index (χ4n) is 2.45. The second-order valence-electron chi connectivity index (χ2n) is 5.12. The lowest BCUT2D eigenvalue weighted by molar-refractivity contribution is -0.137. The lowest BCUT2D eigenvalue weighted by Crippen LogP contribution is -2.33. The number of halogens is 4. The largest absolute Gasteiger partial charge is 0.416 e. The number of hydrogen-bond acceptors (Lipinski definition) is 1. The van der Waals surface area contributed by atoms with Gasteiger partial charge in [0.25, 0.3) is 0 Å². The zero-order chi connectivity index (χ0) is 13.9. The minimum atomic E-state index is -4.27. The van der Waals surface area contributed by atoms with Gasteiger partial charge in [-0.15, -0.1) is 0 Å². The van der Waals surface area contributed by atoms with Crippen LogP contribution in [0.25, 0.3) is 0 Å². The van der Waals surface area contributed by atoms with Crippen LogP contribution in [0, 0.1) is 5.41 Å². The van der Waals surface area contributed by atoms with Gasteiger partial charge in [0, 0.05) is 18.5 Å². The molecule has 1 aliphatic heterocycles. The Balaban J connectivity index is 2.18. The molecule has 0 amide bonds. The van der Waals surface area contributed by atoms with Gasteiger partial charge in [0.1, 0.15) is 0 Å². The molecule has 1 nitrogen and oxygen atoms in total. The first-order valence-corrected chi connectivity index (χ1v) is 7.37. The Bertz CT molecular complexity index is 425. The van der Waals surface area contributed by atoms with Gasteiger partial charge in [-0.3, -0.25) is 0 Å². The number of alkyl halides is 4. The Morgan fingerprint density at radius 2 is 1.89 bits per heavy atom. The molecule has 2 rings (SSSR count). The maximum absolute atomic E-state index is 12.7. The van der Waals surface area contributed by atoms with Crippen molar-refractivity contribution in [3.05, 3.63) is 35.4 Å². The van der Waals surface area contributed by atoms with E-state index in [0.29, 0.717) is 19.6 Å². The van der Waals surface area contributed by atoms with Crippen molar-refractivity contribution in [2.45, 2.75) is 25.4 Å². The van der Waals surface area contributed by atoms with Gasteiger partial charge in [-0.25, -0.2) is 0 Å². The number of benzene rings is 1. The molecule has 0 spiro atoms. The van der Waals surface area contributed by atoms with Crippen molar-refractivity contribution in [2.24, 2.45) is 5.41 Å². The van der Waals surface area contributed by atoms with Crippen molar-refractivity contribution >= 4 is 15.9 Å². The number of ether oxygens (including phenoxy) is 1. The van der Waals surface area contributed by atoms with Crippen LogP contribution in [0.15, 0.2) is 24.3 Å². The molecule has 1 heterocycles. The van der Waals surface area contributed by atoms with Gasteiger partial charge < -0.3 is 4.74 Å². The van der Waals surface area contributed by atoms with E-state index in [1.807, 2.05) is 0 Å². The monoisotopic (exact) mass is 336 g/mol. The fourth-order valence-corrected chi connectivity index (χ4v) is 3.21. The van der Waals surface area contributed by atoms with E-state index >= 15 is 0 Å². The smallest absolute Gasteiger partial charge is 0.381 e. The van der Waals surface area contributed by atoms with E-state index in [-0.39, 0.29) is 5.41 Å². The molecule has 1 aromatic carbocycles. The summed E-state index contributed by atoms with van der Waals surface area (Å²) in [7, 11) is 0. The third-order valence-electron chi connectivity index (χ3n) is 3.67. The van der Waals surface area contributed by atoms with Crippen LogP contribution < -0.4 is 0 Å². The summed E-state index contributed by atoms with van der Waals surface area (Å²) in [6.07, 6.45) is -1.85. The van der Waals surface area contributed by atoms with E-state index in [1.54, 1.807) is 6.07 Å². The van der Waals surface area contributed by atoms with Crippen LogP contribution in [0.4, 0.5) is 13.2 Å². The summed E-state index contributed by atoms with van der Waals surface area (Å²) in [5, 5.41) is 0.791. The van der Waals surface area contributed by atoms with E-state index in [2.05, 4.69) is 15.9 Å². The van der Waals surface area contributed by atoms with Crippen LogP contribution in [0.1, 0.15) is 24.0 Å². The zero-order valence-corrected chi connectivity index (χ0v) is 12.1. The van der Waals surface area contributed by atoms with Crippen LogP contribution in [-0.2, 0) is 17.3 Å². The van der Waals surface area contributed by atoms with E-state index in [9.17, 15) is 13.2 Å². The molecule has 0 saturated carbocycles. The molecule has 0 N–H and O–H groups in total. The Morgan fingerprint density at radius 3 is 2.47 bits per heavy atom. The molecule has 1 aromatic rings. The van der Waals surface area contributed by atoms with Crippen LogP contribution in [0.3, 0.4) is 0 Å². The van der Waals surface area contributed by atoms with Gasteiger partial charge in [0.05, 0.1) is 5.56 Å². The molecule has 0 aliphatic carbocycles. The Hall–Kier alpha value is -0.550. The minimum Gasteiger partial charge on any atom is -0.381 e. The van der Waals surface area contributed by atoms with Gasteiger partial charge in [-0.1, -0.05) is 34.1 Å². The summed E-state index contributed by atoms with van der Waals surface area (Å²) in [4.78, 5) is 0. The molecule has 1 saturated heterocycles. The van der Waals surface area contributed by atoms with Crippen LogP contribution in [0.5, 0.6) is 0 Å². The summed E-state index contributed by atoms with van der Waals surface area (Å²) >= 11 is 3.51. The van der Waals surface area contributed by atoms with Crippen molar-refractivity contribution in [2.75, 3.05) is 18.5 Å². The van der Waals surface area contributed by atoms with E-state index in [4.69, 9.17) is 4.74 Å². The molecule has 5 heteroatoms. The quantitative estimate of drug-likeness (QED) is 0.741. The molecule has 19 heavy (non-hydrogen) atoms. The molecule has 0 unspecified atom stereocenters. The standard InChI is InChI=1S/C14H16BrF3O/c15-10-13(4-6-19-7-5-13)9-11-2-1-3-12(8-11)14(16,17)18/h1-3,8H,4-7,9-10H2. The van der Waals surface area contributed by atoms with Gasteiger partial charge >= 0.3 is 6.18 Å². The third-order valence-corrected chi connectivity index (χ3v) is 4.86. The highest BCUT2D eigenvalue weighted by atomic mass is 79.9. The van der Waals surface area contributed by atoms with Crippen LogP contribution in [0.2, 0.25) is 0 Å². The SMILES string of the molecule is FC(F)(F)c1cccc(CC2(CBr)CCOCC2)c1. The number of rotatable bonds is 3.